The molecule has 2 aromatic heterocycles. The first-order chi connectivity index (χ1) is 9.75. The van der Waals surface area contributed by atoms with E-state index in [1.807, 2.05) is 40.9 Å². The van der Waals surface area contributed by atoms with Gasteiger partial charge in [-0.05, 0) is 23.2 Å². The third kappa shape index (κ3) is 2.56. The monoisotopic (exact) mass is 285 g/mol. The second-order valence-corrected chi connectivity index (χ2v) is 5.22. The van der Waals surface area contributed by atoms with Gasteiger partial charge in [0.15, 0.2) is 10.8 Å². The molecule has 0 aliphatic carbocycles. The van der Waals surface area contributed by atoms with Crippen LogP contribution in [0.5, 0.6) is 0 Å². The van der Waals surface area contributed by atoms with Gasteiger partial charge in [-0.25, -0.2) is 0 Å². The van der Waals surface area contributed by atoms with E-state index in [-0.39, 0.29) is 0 Å². The Labute approximate surface area is 120 Å². The highest BCUT2D eigenvalue weighted by atomic mass is 32.2. The lowest BCUT2D eigenvalue weighted by atomic mass is 9.77. The molecule has 7 heteroatoms. The molecule has 0 saturated carbocycles. The van der Waals surface area contributed by atoms with Gasteiger partial charge < -0.3 is 10.0 Å². The number of fused-ring (bicyclic) bond motifs is 1. The maximum atomic E-state index is 9.35. The zero-order chi connectivity index (χ0) is 13.9. The van der Waals surface area contributed by atoms with Gasteiger partial charge in [0.05, 0.1) is 0 Å². The highest BCUT2D eigenvalue weighted by Crippen LogP contribution is 2.20. The summed E-state index contributed by atoms with van der Waals surface area (Å²) in [6.07, 6.45) is 1.91. The van der Waals surface area contributed by atoms with Crippen LogP contribution < -0.4 is 5.46 Å². The molecule has 100 valence electrons. The van der Waals surface area contributed by atoms with Gasteiger partial charge >= 0.3 is 7.12 Å². The molecule has 3 rings (SSSR count). The molecule has 0 bridgehead atoms. The fraction of sp³-hybridized carbons (Fsp3) is 0.0769. The van der Waals surface area contributed by atoms with Crippen molar-refractivity contribution in [2.24, 2.45) is 0 Å². The number of hydrogen-bond donors (Lipinski definition) is 2. The zero-order valence-corrected chi connectivity index (χ0v) is 11.4. The summed E-state index contributed by atoms with van der Waals surface area (Å²) < 4.78 is 1.91. The molecule has 0 unspecified atom stereocenters. The molecule has 0 atom stereocenters. The first-order valence-corrected chi connectivity index (χ1v) is 7.11. The standard InChI is InChI=1S/C13H12BN3O2S/c18-14(19)11-6-2-1-5-10(11)9-20-13-16-15-12-7-3-4-8-17(12)13/h1-8,18-19H,9H2. The lowest BCUT2D eigenvalue weighted by molar-refractivity contribution is 0.425. The molecule has 1 aromatic carbocycles. The van der Waals surface area contributed by atoms with Crippen molar-refractivity contribution in [2.75, 3.05) is 0 Å². The van der Waals surface area contributed by atoms with Crippen LogP contribution in [0.2, 0.25) is 0 Å². The largest absolute Gasteiger partial charge is 0.488 e. The molecule has 2 heterocycles. The minimum absolute atomic E-state index is 0.522. The second-order valence-electron chi connectivity index (χ2n) is 4.27. The molecule has 0 spiro atoms. The van der Waals surface area contributed by atoms with Gasteiger partial charge in [-0.3, -0.25) is 4.40 Å². The maximum absolute atomic E-state index is 9.35. The van der Waals surface area contributed by atoms with Crippen molar-refractivity contribution >= 4 is 30.0 Å². The number of thioether (sulfide) groups is 1. The summed E-state index contributed by atoms with van der Waals surface area (Å²) in [5, 5.41) is 27.7. The van der Waals surface area contributed by atoms with E-state index in [2.05, 4.69) is 10.2 Å². The zero-order valence-electron chi connectivity index (χ0n) is 10.5. The number of benzene rings is 1. The van der Waals surface area contributed by atoms with Crippen molar-refractivity contribution in [1.82, 2.24) is 14.6 Å². The molecular formula is C13H12BN3O2S. The Morgan fingerprint density at radius 1 is 1.05 bits per heavy atom. The number of nitrogens with zero attached hydrogens (tertiary/aromatic N) is 3. The number of pyridine rings is 1. The lowest BCUT2D eigenvalue weighted by Gasteiger charge is -2.07. The minimum Gasteiger partial charge on any atom is -0.423 e. The molecule has 0 aliphatic heterocycles. The van der Waals surface area contributed by atoms with E-state index < -0.39 is 7.12 Å². The van der Waals surface area contributed by atoms with E-state index in [9.17, 15) is 10.0 Å². The second kappa shape index (κ2) is 5.66. The number of hydrogen-bond acceptors (Lipinski definition) is 5. The van der Waals surface area contributed by atoms with Crippen LogP contribution >= 0.6 is 11.8 Å². The molecular weight excluding hydrogens is 273 g/mol. The van der Waals surface area contributed by atoms with Crippen molar-refractivity contribution in [1.29, 1.82) is 0 Å². The van der Waals surface area contributed by atoms with Gasteiger partial charge in [0.2, 0.25) is 0 Å². The SMILES string of the molecule is OB(O)c1ccccc1CSc1nnc2ccccn12. The highest BCUT2D eigenvalue weighted by Gasteiger charge is 2.15. The summed E-state index contributed by atoms with van der Waals surface area (Å²) in [6.45, 7) is 0. The molecule has 5 nitrogen and oxygen atoms in total. The van der Waals surface area contributed by atoms with Crippen molar-refractivity contribution in [2.45, 2.75) is 10.9 Å². The Morgan fingerprint density at radius 2 is 1.85 bits per heavy atom. The third-order valence-electron chi connectivity index (χ3n) is 2.97. The van der Waals surface area contributed by atoms with Crippen LogP contribution in [0, 0.1) is 0 Å². The summed E-state index contributed by atoms with van der Waals surface area (Å²) in [5.74, 6) is 0.601. The fourth-order valence-corrected chi connectivity index (χ4v) is 2.92. The topological polar surface area (TPSA) is 70.7 Å². The van der Waals surface area contributed by atoms with Gasteiger partial charge in [0.1, 0.15) is 0 Å². The molecule has 0 saturated heterocycles. The summed E-state index contributed by atoms with van der Waals surface area (Å²) in [5.41, 5.74) is 2.19. The van der Waals surface area contributed by atoms with Gasteiger partial charge in [-0.15, -0.1) is 10.2 Å². The van der Waals surface area contributed by atoms with Gasteiger partial charge in [-0.2, -0.15) is 0 Å². The maximum Gasteiger partial charge on any atom is 0.488 e. The van der Waals surface area contributed by atoms with Crippen LogP contribution in [0.4, 0.5) is 0 Å². The average Bonchev–Trinajstić information content (AvgIpc) is 2.88. The molecule has 20 heavy (non-hydrogen) atoms. The quantitative estimate of drug-likeness (QED) is 0.545. The van der Waals surface area contributed by atoms with E-state index in [1.165, 1.54) is 11.8 Å². The van der Waals surface area contributed by atoms with Crippen molar-refractivity contribution in [3.8, 4) is 0 Å². The van der Waals surface area contributed by atoms with Crippen LogP contribution in [-0.4, -0.2) is 31.8 Å². The van der Waals surface area contributed by atoms with Gasteiger partial charge in [0.25, 0.3) is 0 Å². The molecule has 0 fully saturated rings. The van der Waals surface area contributed by atoms with Gasteiger partial charge in [-0.1, -0.05) is 42.1 Å². The summed E-state index contributed by atoms with van der Waals surface area (Å²) in [7, 11) is -1.46. The highest BCUT2D eigenvalue weighted by molar-refractivity contribution is 7.98. The number of aromatic nitrogens is 3. The summed E-state index contributed by atoms with van der Waals surface area (Å²) >= 11 is 1.51. The fourth-order valence-electron chi connectivity index (χ4n) is 1.98. The van der Waals surface area contributed by atoms with Crippen LogP contribution in [0.25, 0.3) is 5.65 Å². The van der Waals surface area contributed by atoms with E-state index >= 15 is 0 Å². The summed E-state index contributed by atoms with van der Waals surface area (Å²) in [6, 6.07) is 13.0. The smallest absolute Gasteiger partial charge is 0.423 e. The summed E-state index contributed by atoms with van der Waals surface area (Å²) in [4.78, 5) is 0. The van der Waals surface area contributed by atoms with Crippen LogP contribution in [0.3, 0.4) is 0 Å². The Bertz CT molecular complexity index is 732. The Morgan fingerprint density at radius 3 is 2.70 bits per heavy atom. The lowest BCUT2D eigenvalue weighted by Crippen LogP contribution is -2.32. The van der Waals surface area contributed by atoms with Crippen LogP contribution in [0.15, 0.2) is 53.8 Å². The first-order valence-electron chi connectivity index (χ1n) is 6.12. The van der Waals surface area contributed by atoms with Crippen molar-refractivity contribution in [3.63, 3.8) is 0 Å². The van der Waals surface area contributed by atoms with Crippen LogP contribution in [0.1, 0.15) is 5.56 Å². The van der Waals surface area contributed by atoms with E-state index in [0.29, 0.717) is 11.2 Å². The Balaban J connectivity index is 1.83. The van der Waals surface area contributed by atoms with E-state index in [1.54, 1.807) is 12.1 Å². The molecule has 3 aromatic rings. The normalized spacial score (nSPS) is 10.9. The molecule has 2 N–H and O–H groups in total. The Hall–Kier alpha value is -1.83. The molecule has 0 radical (unpaired) electrons. The first kappa shape index (κ1) is 13.2. The predicted molar refractivity (Wildman–Crippen MR) is 78.8 cm³/mol. The average molecular weight is 285 g/mol. The van der Waals surface area contributed by atoms with Crippen molar-refractivity contribution < 1.29 is 10.0 Å². The number of rotatable bonds is 4. The molecule has 0 aliphatic rings. The van der Waals surface area contributed by atoms with Crippen LogP contribution in [-0.2, 0) is 5.75 Å². The van der Waals surface area contributed by atoms with E-state index in [0.717, 1.165) is 16.4 Å². The van der Waals surface area contributed by atoms with Crippen molar-refractivity contribution in [3.05, 3.63) is 54.2 Å². The third-order valence-corrected chi connectivity index (χ3v) is 3.96. The minimum atomic E-state index is -1.46. The predicted octanol–water partition coefficient (Wildman–Crippen LogP) is 0.701. The Kier molecular flexibility index (Phi) is 3.73. The molecule has 0 amide bonds. The van der Waals surface area contributed by atoms with Gasteiger partial charge in [0, 0.05) is 11.9 Å². The van der Waals surface area contributed by atoms with E-state index in [4.69, 9.17) is 0 Å².